The zero-order valence-electron chi connectivity index (χ0n) is 9.16. The van der Waals surface area contributed by atoms with Crippen molar-refractivity contribution in [3.05, 3.63) is 41.7 Å². The van der Waals surface area contributed by atoms with Gasteiger partial charge < -0.3 is 5.32 Å². The molecule has 1 fully saturated rings. The summed E-state index contributed by atoms with van der Waals surface area (Å²) in [6.07, 6.45) is 6.36. The van der Waals surface area contributed by atoms with Gasteiger partial charge in [-0.2, -0.15) is 0 Å². The Morgan fingerprint density at radius 1 is 1.19 bits per heavy atom. The first kappa shape index (κ1) is 13.2. The van der Waals surface area contributed by atoms with Gasteiger partial charge in [-0.15, -0.1) is 12.4 Å². The number of hydrogen-bond acceptors (Lipinski definition) is 1. The Hall–Kier alpha value is -0.860. The predicted octanol–water partition coefficient (Wildman–Crippen LogP) is 3.26. The smallest absolute Gasteiger partial charge is 0.130 e. The van der Waals surface area contributed by atoms with E-state index < -0.39 is 0 Å². The van der Waals surface area contributed by atoms with Gasteiger partial charge >= 0.3 is 0 Å². The molecule has 1 aliphatic rings. The zero-order valence-corrected chi connectivity index (χ0v) is 9.97. The van der Waals surface area contributed by atoms with Crippen molar-refractivity contribution in [1.82, 2.24) is 5.32 Å². The van der Waals surface area contributed by atoms with Gasteiger partial charge in [0, 0.05) is 5.56 Å². The molecule has 1 aliphatic heterocycles. The van der Waals surface area contributed by atoms with E-state index in [1.165, 1.54) is 6.07 Å². The topological polar surface area (TPSA) is 12.0 Å². The molecule has 0 aromatic heterocycles. The molecule has 16 heavy (non-hydrogen) atoms. The van der Waals surface area contributed by atoms with Gasteiger partial charge in [0.1, 0.15) is 5.82 Å². The highest BCUT2D eigenvalue weighted by Crippen LogP contribution is 2.16. The summed E-state index contributed by atoms with van der Waals surface area (Å²) in [7, 11) is 0. The maximum Gasteiger partial charge on any atom is 0.130 e. The van der Waals surface area contributed by atoms with Crippen molar-refractivity contribution in [3.8, 4) is 0 Å². The summed E-state index contributed by atoms with van der Waals surface area (Å²) in [6, 6.07) is 6.90. The zero-order chi connectivity index (χ0) is 10.5. The average Bonchev–Trinajstić information content (AvgIpc) is 2.29. The van der Waals surface area contributed by atoms with E-state index in [0.717, 1.165) is 25.9 Å². The molecular formula is C13H17ClFN. The summed E-state index contributed by atoms with van der Waals surface area (Å²) in [6.45, 7) is 2.15. The fourth-order valence-electron chi connectivity index (χ4n) is 1.89. The normalized spacial score (nSPS) is 17.3. The van der Waals surface area contributed by atoms with E-state index >= 15 is 0 Å². The van der Waals surface area contributed by atoms with E-state index in [0.29, 0.717) is 11.5 Å². The summed E-state index contributed by atoms with van der Waals surface area (Å²) in [5, 5.41) is 3.32. The quantitative estimate of drug-likeness (QED) is 0.838. The van der Waals surface area contributed by atoms with Crippen molar-refractivity contribution >= 4 is 18.5 Å². The van der Waals surface area contributed by atoms with E-state index in [1.54, 1.807) is 6.07 Å². The third-order valence-electron chi connectivity index (χ3n) is 2.84. The van der Waals surface area contributed by atoms with Crippen LogP contribution in [0.5, 0.6) is 0 Å². The molecule has 1 nitrogen and oxygen atoms in total. The first-order valence-electron chi connectivity index (χ1n) is 5.50. The molecule has 0 spiro atoms. The molecule has 2 rings (SSSR count). The molecule has 0 amide bonds. The lowest BCUT2D eigenvalue weighted by atomic mass is 9.97. The maximum atomic E-state index is 13.3. The molecule has 0 atom stereocenters. The van der Waals surface area contributed by atoms with Crippen molar-refractivity contribution in [2.75, 3.05) is 13.1 Å². The summed E-state index contributed by atoms with van der Waals surface area (Å²) >= 11 is 0. The number of nitrogens with one attached hydrogen (secondary N) is 1. The third kappa shape index (κ3) is 3.62. The molecule has 1 aromatic rings. The summed E-state index contributed by atoms with van der Waals surface area (Å²) in [5.41, 5.74) is 0.691. The lowest BCUT2D eigenvalue weighted by molar-refractivity contribution is 0.438. The number of piperidine rings is 1. The minimum absolute atomic E-state index is 0. The Kier molecular flexibility index (Phi) is 5.50. The lowest BCUT2D eigenvalue weighted by Crippen LogP contribution is -2.26. The van der Waals surface area contributed by atoms with Crippen molar-refractivity contribution in [3.63, 3.8) is 0 Å². The highest BCUT2D eigenvalue weighted by Gasteiger charge is 2.09. The molecule has 0 saturated carbocycles. The van der Waals surface area contributed by atoms with Gasteiger partial charge in [-0.3, -0.25) is 0 Å². The van der Waals surface area contributed by atoms with Gasteiger partial charge in [0.15, 0.2) is 0 Å². The van der Waals surface area contributed by atoms with Gasteiger partial charge in [-0.05, 0) is 37.9 Å². The third-order valence-corrected chi connectivity index (χ3v) is 2.84. The van der Waals surface area contributed by atoms with Gasteiger partial charge in [-0.1, -0.05) is 30.4 Å². The van der Waals surface area contributed by atoms with Crippen LogP contribution in [0.1, 0.15) is 18.4 Å². The fraction of sp³-hybridized carbons (Fsp3) is 0.385. The second kappa shape index (κ2) is 6.66. The van der Waals surface area contributed by atoms with Crippen LogP contribution in [0.3, 0.4) is 0 Å². The van der Waals surface area contributed by atoms with Crippen LogP contribution in [0.4, 0.5) is 4.39 Å². The minimum atomic E-state index is -0.136. The van der Waals surface area contributed by atoms with Crippen LogP contribution in [0.2, 0.25) is 0 Å². The molecule has 0 radical (unpaired) electrons. The van der Waals surface area contributed by atoms with E-state index in [-0.39, 0.29) is 18.2 Å². The van der Waals surface area contributed by atoms with Gasteiger partial charge in [-0.25, -0.2) is 4.39 Å². The Bertz CT molecular complexity index is 346. The van der Waals surface area contributed by atoms with E-state index in [2.05, 4.69) is 11.4 Å². The van der Waals surface area contributed by atoms with E-state index in [9.17, 15) is 4.39 Å². The van der Waals surface area contributed by atoms with Crippen LogP contribution < -0.4 is 5.32 Å². The number of hydrogen-bond donors (Lipinski definition) is 1. The largest absolute Gasteiger partial charge is 0.317 e. The molecule has 1 saturated heterocycles. The molecule has 1 aromatic carbocycles. The van der Waals surface area contributed by atoms with Crippen LogP contribution >= 0.6 is 12.4 Å². The molecule has 3 heteroatoms. The van der Waals surface area contributed by atoms with Crippen molar-refractivity contribution in [2.24, 2.45) is 5.92 Å². The standard InChI is InChI=1S/C13H16FN.ClH/c14-13-4-2-1-3-12(13)6-5-11-7-9-15-10-8-11;/h1-6,11,15H,7-10H2;1H/b6-5+;. The number of halogens is 2. The van der Waals surface area contributed by atoms with Crippen molar-refractivity contribution in [1.29, 1.82) is 0 Å². The molecule has 1 heterocycles. The average molecular weight is 242 g/mol. The van der Waals surface area contributed by atoms with Crippen molar-refractivity contribution in [2.45, 2.75) is 12.8 Å². The second-order valence-corrected chi connectivity index (χ2v) is 3.97. The maximum absolute atomic E-state index is 13.3. The molecule has 0 unspecified atom stereocenters. The van der Waals surface area contributed by atoms with E-state index in [1.807, 2.05) is 18.2 Å². The second-order valence-electron chi connectivity index (χ2n) is 3.97. The molecular weight excluding hydrogens is 225 g/mol. The number of rotatable bonds is 2. The highest BCUT2D eigenvalue weighted by atomic mass is 35.5. The first-order valence-corrected chi connectivity index (χ1v) is 5.50. The molecule has 1 N–H and O–H groups in total. The fourth-order valence-corrected chi connectivity index (χ4v) is 1.89. The summed E-state index contributed by atoms with van der Waals surface area (Å²) in [4.78, 5) is 0. The lowest BCUT2D eigenvalue weighted by Gasteiger charge is -2.19. The van der Waals surface area contributed by atoms with Crippen LogP contribution in [-0.2, 0) is 0 Å². The molecule has 88 valence electrons. The van der Waals surface area contributed by atoms with Gasteiger partial charge in [0.25, 0.3) is 0 Å². The number of allylic oxidation sites excluding steroid dienone is 1. The summed E-state index contributed by atoms with van der Waals surface area (Å²) in [5.74, 6) is 0.466. The van der Waals surface area contributed by atoms with Crippen LogP contribution in [0, 0.1) is 11.7 Å². The van der Waals surface area contributed by atoms with E-state index in [4.69, 9.17) is 0 Å². The first-order chi connectivity index (χ1) is 7.36. The Balaban J connectivity index is 0.00000128. The molecule has 0 bridgehead atoms. The SMILES string of the molecule is Cl.Fc1ccccc1/C=C/C1CCNCC1. The van der Waals surface area contributed by atoms with Crippen molar-refractivity contribution < 1.29 is 4.39 Å². The van der Waals surface area contributed by atoms with Crippen LogP contribution in [0.15, 0.2) is 30.3 Å². The summed E-state index contributed by atoms with van der Waals surface area (Å²) < 4.78 is 13.3. The minimum Gasteiger partial charge on any atom is -0.317 e. The van der Waals surface area contributed by atoms with Crippen LogP contribution in [0.25, 0.3) is 6.08 Å². The van der Waals surface area contributed by atoms with Crippen LogP contribution in [-0.4, -0.2) is 13.1 Å². The van der Waals surface area contributed by atoms with Gasteiger partial charge in [0.2, 0.25) is 0 Å². The Labute approximate surface area is 102 Å². The Morgan fingerprint density at radius 2 is 1.88 bits per heavy atom. The number of benzene rings is 1. The van der Waals surface area contributed by atoms with Gasteiger partial charge in [0.05, 0.1) is 0 Å². The molecule has 0 aliphatic carbocycles. The monoisotopic (exact) mass is 241 g/mol. The predicted molar refractivity (Wildman–Crippen MR) is 68.3 cm³/mol. The highest BCUT2D eigenvalue weighted by molar-refractivity contribution is 5.85. The Morgan fingerprint density at radius 3 is 2.56 bits per heavy atom.